The quantitative estimate of drug-likeness (QED) is 0.585. The molecule has 0 aliphatic heterocycles. The smallest absolute Gasteiger partial charge is 0.243 e. The summed E-state index contributed by atoms with van der Waals surface area (Å²) in [6, 6.07) is 14.6. The van der Waals surface area contributed by atoms with Gasteiger partial charge in [-0.2, -0.15) is 0 Å². The van der Waals surface area contributed by atoms with Crippen LogP contribution in [-0.2, 0) is 16.0 Å². The summed E-state index contributed by atoms with van der Waals surface area (Å²) in [5.74, 6) is 0.0348. The number of anilines is 1. The van der Waals surface area contributed by atoms with Gasteiger partial charge in [-0.15, -0.1) is 0 Å². The number of nitrogens with one attached hydrogen (secondary N) is 2. The number of likely N-dealkylation sites (N-methyl/N-ethyl adjacent to an activating group) is 1. The van der Waals surface area contributed by atoms with E-state index in [1.165, 1.54) is 16.0 Å². The second kappa shape index (κ2) is 11.7. The molecule has 2 aromatic rings. The van der Waals surface area contributed by atoms with Crippen molar-refractivity contribution < 1.29 is 9.59 Å². The fourth-order valence-corrected chi connectivity index (χ4v) is 3.75. The van der Waals surface area contributed by atoms with Crippen molar-refractivity contribution in [1.29, 1.82) is 0 Å². The van der Waals surface area contributed by atoms with E-state index in [2.05, 4.69) is 55.7 Å². The van der Waals surface area contributed by atoms with Gasteiger partial charge in [0.2, 0.25) is 11.8 Å². The molecule has 5 nitrogen and oxygen atoms in total. The van der Waals surface area contributed by atoms with Crippen molar-refractivity contribution in [3.05, 3.63) is 64.7 Å². The number of nitrogens with zero attached hydrogens (tertiary/aromatic N) is 1. The number of rotatable bonds is 10. The molecule has 0 fully saturated rings. The van der Waals surface area contributed by atoms with E-state index >= 15 is 0 Å². The standard InChI is InChI=1S/C26H37N3O2/c1-7-9-21-12-14-22(15-13-21)25(18(2)3)27-16-24(31)29(6)17-23(30)28-26-19(4)10-8-11-20(26)5/h8,10-15,18,25,27H,7,9,16-17H2,1-6H3,(H,28,30)/t25-/m0/s1. The van der Waals surface area contributed by atoms with Crippen LogP contribution in [-0.4, -0.2) is 36.9 Å². The summed E-state index contributed by atoms with van der Waals surface area (Å²) < 4.78 is 0. The summed E-state index contributed by atoms with van der Waals surface area (Å²) in [6.07, 6.45) is 2.20. The van der Waals surface area contributed by atoms with E-state index in [-0.39, 0.29) is 30.9 Å². The van der Waals surface area contributed by atoms with E-state index < -0.39 is 0 Å². The number of benzene rings is 2. The van der Waals surface area contributed by atoms with Crippen LogP contribution in [0.5, 0.6) is 0 Å². The van der Waals surface area contributed by atoms with Crippen molar-refractivity contribution in [3.63, 3.8) is 0 Å². The Kier molecular flexibility index (Phi) is 9.25. The molecule has 2 amide bonds. The lowest BCUT2D eigenvalue weighted by molar-refractivity contribution is -0.132. The van der Waals surface area contributed by atoms with Crippen molar-refractivity contribution in [2.24, 2.45) is 5.92 Å². The second-order valence-electron chi connectivity index (χ2n) is 8.66. The normalized spacial score (nSPS) is 12.0. The molecule has 0 heterocycles. The van der Waals surface area contributed by atoms with Gasteiger partial charge in [-0.25, -0.2) is 0 Å². The molecular formula is C26H37N3O2. The van der Waals surface area contributed by atoms with Gasteiger partial charge in [-0.3, -0.25) is 9.59 Å². The van der Waals surface area contributed by atoms with Gasteiger partial charge in [0.15, 0.2) is 0 Å². The van der Waals surface area contributed by atoms with Gasteiger partial charge in [-0.05, 0) is 48.4 Å². The molecule has 2 rings (SSSR count). The van der Waals surface area contributed by atoms with Gasteiger partial charge in [0, 0.05) is 18.8 Å². The first-order chi connectivity index (χ1) is 14.7. The lowest BCUT2D eigenvalue weighted by Gasteiger charge is -2.25. The van der Waals surface area contributed by atoms with Gasteiger partial charge < -0.3 is 15.5 Å². The number of hydrogen-bond donors (Lipinski definition) is 2. The zero-order valence-electron chi connectivity index (χ0n) is 19.8. The first-order valence-corrected chi connectivity index (χ1v) is 11.1. The lowest BCUT2D eigenvalue weighted by Crippen LogP contribution is -2.41. The predicted molar refractivity (Wildman–Crippen MR) is 128 cm³/mol. The number of carbonyl (C=O) groups excluding carboxylic acids is 2. The van der Waals surface area contributed by atoms with Crippen LogP contribution >= 0.6 is 0 Å². The molecular weight excluding hydrogens is 386 g/mol. The summed E-state index contributed by atoms with van der Waals surface area (Å²) in [4.78, 5) is 26.6. The summed E-state index contributed by atoms with van der Waals surface area (Å²) >= 11 is 0. The predicted octanol–water partition coefficient (Wildman–Crippen LogP) is 4.64. The zero-order valence-corrected chi connectivity index (χ0v) is 19.8. The molecule has 0 saturated heterocycles. The highest BCUT2D eigenvalue weighted by Crippen LogP contribution is 2.22. The third-order valence-corrected chi connectivity index (χ3v) is 5.57. The van der Waals surface area contributed by atoms with E-state index in [1.54, 1.807) is 7.05 Å². The lowest BCUT2D eigenvalue weighted by atomic mass is 9.94. The summed E-state index contributed by atoms with van der Waals surface area (Å²) in [5.41, 5.74) is 5.35. The molecule has 0 radical (unpaired) electrons. The Morgan fingerprint density at radius 2 is 1.61 bits per heavy atom. The molecule has 0 unspecified atom stereocenters. The molecule has 0 saturated carbocycles. The molecule has 2 N–H and O–H groups in total. The largest absolute Gasteiger partial charge is 0.335 e. The maximum absolute atomic E-state index is 12.6. The van der Waals surface area contributed by atoms with E-state index in [4.69, 9.17) is 0 Å². The van der Waals surface area contributed by atoms with E-state index in [0.29, 0.717) is 5.92 Å². The number of para-hydroxylation sites is 1. The Hall–Kier alpha value is -2.66. The highest BCUT2D eigenvalue weighted by molar-refractivity contribution is 5.95. The van der Waals surface area contributed by atoms with Gasteiger partial charge in [-0.1, -0.05) is 69.7 Å². The monoisotopic (exact) mass is 423 g/mol. The van der Waals surface area contributed by atoms with E-state index in [1.807, 2.05) is 32.0 Å². The van der Waals surface area contributed by atoms with Crippen LogP contribution in [0.3, 0.4) is 0 Å². The van der Waals surface area contributed by atoms with Crippen LogP contribution in [0.25, 0.3) is 0 Å². The molecule has 0 aromatic heterocycles. The van der Waals surface area contributed by atoms with Crippen LogP contribution < -0.4 is 10.6 Å². The van der Waals surface area contributed by atoms with E-state index in [9.17, 15) is 9.59 Å². The van der Waals surface area contributed by atoms with Crippen molar-refractivity contribution in [3.8, 4) is 0 Å². The number of amides is 2. The number of aryl methyl sites for hydroxylation is 3. The summed E-state index contributed by atoms with van der Waals surface area (Å²) in [5, 5.41) is 6.32. The molecule has 2 aromatic carbocycles. The Labute approximate surface area is 187 Å². The minimum Gasteiger partial charge on any atom is -0.335 e. The molecule has 0 aliphatic carbocycles. The van der Waals surface area contributed by atoms with Crippen LogP contribution in [0.15, 0.2) is 42.5 Å². The average molecular weight is 424 g/mol. The maximum atomic E-state index is 12.6. The van der Waals surface area contributed by atoms with Gasteiger partial charge in [0.1, 0.15) is 0 Å². The topological polar surface area (TPSA) is 61.4 Å². The van der Waals surface area contributed by atoms with Crippen LogP contribution in [0.1, 0.15) is 55.5 Å². The molecule has 0 spiro atoms. The van der Waals surface area contributed by atoms with Crippen molar-refractivity contribution in [1.82, 2.24) is 10.2 Å². The van der Waals surface area contributed by atoms with Crippen molar-refractivity contribution >= 4 is 17.5 Å². The number of hydrogen-bond acceptors (Lipinski definition) is 3. The highest BCUT2D eigenvalue weighted by atomic mass is 16.2. The minimum absolute atomic E-state index is 0.0202. The Balaban J connectivity index is 1.92. The molecule has 0 aliphatic rings. The highest BCUT2D eigenvalue weighted by Gasteiger charge is 2.19. The third kappa shape index (κ3) is 7.21. The number of carbonyl (C=O) groups is 2. The molecule has 0 bridgehead atoms. The molecule has 5 heteroatoms. The van der Waals surface area contributed by atoms with Crippen molar-refractivity contribution in [2.45, 2.75) is 53.5 Å². The van der Waals surface area contributed by atoms with Gasteiger partial charge in [0.25, 0.3) is 0 Å². The SMILES string of the molecule is CCCc1ccc([C@@H](NCC(=O)N(C)CC(=O)Nc2c(C)cccc2C)C(C)C)cc1. The Morgan fingerprint density at radius 3 is 2.16 bits per heavy atom. The first-order valence-electron chi connectivity index (χ1n) is 11.1. The third-order valence-electron chi connectivity index (χ3n) is 5.57. The fraction of sp³-hybridized carbons (Fsp3) is 0.462. The Bertz CT molecular complexity index is 854. The van der Waals surface area contributed by atoms with Crippen LogP contribution in [0.2, 0.25) is 0 Å². The fourth-order valence-electron chi connectivity index (χ4n) is 3.75. The summed E-state index contributed by atoms with van der Waals surface area (Å²) in [6.45, 7) is 10.6. The zero-order chi connectivity index (χ0) is 23.0. The average Bonchev–Trinajstić information content (AvgIpc) is 2.72. The Morgan fingerprint density at radius 1 is 1.00 bits per heavy atom. The van der Waals surface area contributed by atoms with Gasteiger partial charge in [0.05, 0.1) is 13.1 Å². The maximum Gasteiger partial charge on any atom is 0.243 e. The summed E-state index contributed by atoms with van der Waals surface area (Å²) in [7, 11) is 1.66. The molecule has 168 valence electrons. The van der Waals surface area contributed by atoms with Crippen LogP contribution in [0.4, 0.5) is 5.69 Å². The van der Waals surface area contributed by atoms with E-state index in [0.717, 1.165) is 29.7 Å². The van der Waals surface area contributed by atoms with Crippen LogP contribution in [0, 0.1) is 19.8 Å². The minimum atomic E-state index is -0.194. The molecule has 31 heavy (non-hydrogen) atoms. The van der Waals surface area contributed by atoms with Crippen molar-refractivity contribution in [2.75, 3.05) is 25.5 Å². The van der Waals surface area contributed by atoms with Gasteiger partial charge >= 0.3 is 0 Å². The first kappa shape index (κ1) is 24.6. The molecule has 1 atom stereocenters. The second-order valence-corrected chi connectivity index (χ2v) is 8.66.